The molecule has 2 saturated carbocycles. The van der Waals surface area contributed by atoms with Gasteiger partial charge < -0.3 is 5.32 Å². The second kappa shape index (κ2) is 3.55. The summed E-state index contributed by atoms with van der Waals surface area (Å²) in [4.78, 5) is 0. The van der Waals surface area contributed by atoms with Crippen molar-refractivity contribution in [2.75, 3.05) is 5.32 Å². The molecule has 0 saturated heterocycles. The number of benzene rings is 1. The fourth-order valence-corrected chi connectivity index (χ4v) is 3.29. The summed E-state index contributed by atoms with van der Waals surface area (Å²) >= 11 is 0. The van der Waals surface area contributed by atoms with Crippen molar-refractivity contribution in [2.24, 2.45) is 11.8 Å². The largest absolute Gasteiger partial charge is 0.382 e. The highest BCUT2D eigenvalue weighted by atomic mass is 14.9. The summed E-state index contributed by atoms with van der Waals surface area (Å²) in [7, 11) is 0. The van der Waals surface area contributed by atoms with Crippen molar-refractivity contribution in [2.45, 2.75) is 38.6 Å². The minimum Gasteiger partial charge on any atom is -0.382 e. The minimum atomic E-state index is 0.756. The van der Waals surface area contributed by atoms with Crippen molar-refractivity contribution in [3.05, 3.63) is 29.8 Å². The highest BCUT2D eigenvalue weighted by Gasteiger charge is 2.39. The molecule has 3 atom stereocenters. The van der Waals surface area contributed by atoms with E-state index < -0.39 is 0 Å². The van der Waals surface area contributed by atoms with Gasteiger partial charge in [0.15, 0.2) is 0 Å². The Labute approximate surface area is 91.9 Å². The lowest BCUT2D eigenvalue weighted by Crippen LogP contribution is -2.25. The molecule has 1 aromatic rings. The van der Waals surface area contributed by atoms with Crippen molar-refractivity contribution in [1.29, 1.82) is 0 Å². The number of aryl methyl sites for hydroxylation is 1. The summed E-state index contributed by atoms with van der Waals surface area (Å²) in [5.41, 5.74) is 2.65. The lowest BCUT2D eigenvalue weighted by atomic mass is 9.95. The van der Waals surface area contributed by atoms with Crippen LogP contribution in [0.2, 0.25) is 0 Å². The van der Waals surface area contributed by atoms with Crippen LogP contribution < -0.4 is 5.32 Å². The maximum Gasteiger partial charge on any atom is 0.0342 e. The summed E-state index contributed by atoms with van der Waals surface area (Å²) in [5.74, 6) is 1.98. The molecule has 0 aromatic heterocycles. The Morgan fingerprint density at radius 2 is 1.87 bits per heavy atom. The molecule has 0 unspecified atom stereocenters. The predicted octanol–water partition coefficient (Wildman–Crippen LogP) is 3.60. The Balaban J connectivity index is 1.68. The molecule has 0 heterocycles. The molecule has 0 radical (unpaired) electrons. The monoisotopic (exact) mass is 201 g/mol. The van der Waals surface area contributed by atoms with Crippen molar-refractivity contribution in [3.8, 4) is 0 Å². The van der Waals surface area contributed by atoms with Gasteiger partial charge in [-0.05, 0) is 50.2 Å². The van der Waals surface area contributed by atoms with E-state index in [9.17, 15) is 0 Å². The van der Waals surface area contributed by atoms with Crippen LogP contribution in [-0.4, -0.2) is 6.04 Å². The molecule has 1 aromatic carbocycles. The Hall–Kier alpha value is -0.980. The van der Waals surface area contributed by atoms with Gasteiger partial charge in [-0.2, -0.15) is 0 Å². The van der Waals surface area contributed by atoms with E-state index >= 15 is 0 Å². The highest BCUT2D eigenvalue weighted by Crippen LogP contribution is 2.45. The quantitative estimate of drug-likeness (QED) is 0.771. The van der Waals surface area contributed by atoms with Crippen molar-refractivity contribution in [1.82, 2.24) is 0 Å². The molecule has 0 spiro atoms. The average Bonchev–Trinajstić information content (AvgIpc) is 2.83. The molecule has 1 N–H and O–H groups in total. The molecule has 2 fully saturated rings. The lowest BCUT2D eigenvalue weighted by Gasteiger charge is -2.24. The molecular weight excluding hydrogens is 182 g/mol. The van der Waals surface area contributed by atoms with Gasteiger partial charge in [-0.3, -0.25) is 0 Å². The van der Waals surface area contributed by atoms with Crippen molar-refractivity contribution >= 4 is 5.69 Å². The van der Waals surface area contributed by atoms with E-state index in [0.29, 0.717) is 0 Å². The first-order valence-electron chi connectivity index (χ1n) is 6.14. The molecule has 80 valence electrons. The Morgan fingerprint density at radius 3 is 2.47 bits per heavy atom. The van der Waals surface area contributed by atoms with Gasteiger partial charge in [0.2, 0.25) is 0 Å². The van der Waals surface area contributed by atoms with Crippen LogP contribution in [0.4, 0.5) is 5.69 Å². The van der Waals surface area contributed by atoms with E-state index in [1.165, 1.54) is 36.9 Å². The standard InChI is InChI=1S/C14H19N/c1-10-2-6-13(7-3-10)15-14-9-11-4-5-12(14)8-11/h2-3,6-7,11-12,14-15H,4-5,8-9H2,1H3/t11-,12-,14-/m1/s1. The lowest BCUT2D eigenvalue weighted by molar-refractivity contribution is 0.440. The van der Waals surface area contributed by atoms with Crippen LogP contribution in [0.5, 0.6) is 0 Å². The number of fused-ring (bicyclic) bond motifs is 2. The SMILES string of the molecule is Cc1ccc(N[C@@H]2C[C@@H]3CC[C@@H]2C3)cc1. The summed E-state index contributed by atoms with van der Waals surface area (Å²) in [6.45, 7) is 2.14. The molecule has 2 aliphatic carbocycles. The first-order chi connectivity index (χ1) is 7.31. The summed E-state index contributed by atoms with van der Waals surface area (Å²) in [5, 5.41) is 3.70. The second-order valence-electron chi connectivity index (χ2n) is 5.29. The fraction of sp³-hybridized carbons (Fsp3) is 0.571. The Morgan fingerprint density at radius 1 is 1.07 bits per heavy atom. The van der Waals surface area contributed by atoms with E-state index in [-0.39, 0.29) is 0 Å². The third-order valence-corrected chi connectivity index (χ3v) is 4.14. The molecule has 2 aliphatic rings. The van der Waals surface area contributed by atoms with Crippen LogP contribution in [0.15, 0.2) is 24.3 Å². The zero-order chi connectivity index (χ0) is 10.3. The topological polar surface area (TPSA) is 12.0 Å². The van der Waals surface area contributed by atoms with Crippen LogP contribution in [0.3, 0.4) is 0 Å². The number of anilines is 1. The maximum atomic E-state index is 3.70. The van der Waals surface area contributed by atoms with Crippen molar-refractivity contribution in [3.63, 3.8) is 0 Å². The van der Waals surface area contributed by atoms with E-state index in [4.69, 9.17) is 0 Å². The zero-order valence-electron chi connectivity index (χ0n) is 9.37. The second-order valence-corrected chi connectivity index (χ2v) is 5.29. The van der Waals surface area contributed by atoms with Crippen molar-refractivity contribution < 1.29 is 0 Å². The first kappa shape index (κ1) is 9.26. The maximum absolute atomic E-state index is 3.70. The number of rotatable bonds is 2. The molecular formula is C14H19N. The molecule has 1 nitrogen and oxygen atoms in total. The van der Waals surface area contributed by atoms with Gasteiger partial charge in [-0.25, -0.2) is 0 Å². The van der Waals surface area contributed by atoms with Crippen LogP contribution in [0.1, 0.15) is 31.2 Å². The van der Waals surface area contributed by atoms with Gasteiger partial charge >= 0.3 is 0 Å². The van der Waals surface area contributed by atoms with Crippen LogP contribution in [0.25, 0.3) is 0 Å². The zero-order valence-corrected chi connectivity index (χ0v) is 9.37. The van der Waals surface area contributed by atoms with E-state index in [2.05, 4.69) is 36.5 Å². The normalized spacial score (nSPS) is 33.3. The van der Waals surface area contributed by atoms with Gasteiger partial charge in [-0.15, -0.1) is 0 Å². The van der Waals surface area contributed by atoms with Crippen LogP contribution in [0, 0.1) is 18.8 Å². The van der Waals surface area contributed by atoms with Gasteiger partial charge in [-0.1, -0.05) is 24.1 Å². The molecule has 2 bridgehead atoms. The highest BCUT2D eigenvalue weighted by molar-refractivity contribution is 5.45. The van der Waals surface area contributed by atoms with Gasteiger partial charge in [0, 0.05) is 11.7 Å². The van der Waals surface area contributed by atoms with E-state index in [1.54, 1.807) is 0 Å². The third kappa shape index (κ3) is 1.75. The predicted molar refractivity (Wildman–Crippen MR) is 64.0 cm³/mol. The Kier molecular flexibility index (Phi) is 2.19. The molecule has 0 aliphatic heterocycles. The van der Waals surface area contributed by atoms with Gasteiger partial charge in [0.25, 0.3) is 0 Å². The molecule has 15 heavy (non-hydrogen) atoms. The van der Waals surface area contributed by atoms with E-state index in [0.717, 1.165) is 17.9 Å². The average molecular weight is 201 g/mol. The number of nitrogens with one attached hydrogen (secondary N) is 1. The summed E-state index contributed by atoms with van der Waals surface area (Å²) in [6, 6.07) is 9.56. The fourth-order valence-electron chi connectivity index (χ4n) is 3.29. The molecule has 1 heteroatoms. The number of hydrogen-bond donors (Lipinski definition) is 1. The molecule has 0 amide bonds. The van der Waals surface area contributed by atoms with Crippen LogP contribution in [-0.2, 0) is 0 Å². The van der Waals surface area contributed by atoms with Crippen LogP contribution >= 0.6 is 0 Å². The van der Waals surface area contributed by atoms with E-state index in [1.807, 2.05) is 0 Å². The summed E-state index contributed by atoms with van der Waals surface area (Å²) in [6.07, 6.45) is 5.81. The smallest absolute Gasteiger partial charge is 0.0342 e. The number of hydrogen-bond acceptors (Lipinski definition) is 1. The third-order valence-electron chi connectivity index (χ3n) is 4.14. The van der Waals surface area contributed by atoms with Gasteiger partial charge in [0.05, 0.1) is 0 Å². The van der Waals surface area contributed by atoms with Gasteiger partial charge in [0.1, 0.15) is 0 Å². The summed E-state index contributed by atoms with van der Waals surface area (Å²) < 4.78 is 0. The first-order valence-corrected chi connectivity index (χ1v) is 6.14. The Bertz CT molecular complexity index is 341. The minimum absolute atomic E-state index is 0.756. The molecule has 3 rings (SSSR count).